The van der Waals surface area contributed by atoms with Crippen LogP contribution in [-0.2, 0) is 4.79 Å². The van der Waals surface area contributed by atoms with Gasteiger partial charge in [-0.15, -0.1) is 0 Å². The number of rotatable bonds is 4. The minimum absolute atomic E-state index is 0.00756. The van der Waals surface area contributed by atoms with Gasteiger partial charge in [0.15, 0.2) is 5.78 Å². The van der Waals surface area contributed by atoms with E-state index < -0.39 is 0 Å². The number of carbonyl (C=O) groups is 2. The standard InChI is InChI=1S/C16H22N2O2/c1-3-16(7-9-17-10-8-16)15(20)18-14-6-4-5-13(11-14)12(2)19/h4-6,11,17H,3,7-10H2,1-2H3,(H,18,20). The summed E-state index contributed by atoms with van der Waals surface area (Å²) in [7, 11) is 0. The second-order valence-corrected chi connectivity index (χ2v) is 5.47. The van der Waals surface area contributed by atoms with E-state index in [-0.39, 0.29) is 17.1 Å². The zero-order chi connectivity index (χ0) is 14.6. The molecule has 0 aromatic heterocycles. The number of piperidine rings is 1. The number of amides is 1. The lowest BCUT2D eigenvalue weighted by atomic mass is 9.76. The van der Waals surface area contributed by atoms with Gasteiger partial charge in [-0.25, -0.2) is 0 Å². The molecule has 1 aromatic carbocycles. The SMILES string of the molecule is CCC1(C(=O)Nc2cccc(C(C)=O)c2)CCNCC1. The lowest BCUT2D eigenvalue weighted by molar-refractivity contribution is -0.127. The largest absolute Gasteiger partial charge is 0.326 e. The van der Waals surface area contributed by atoms with Crippen LogP contribution in [-0.4, -0.2) is 24.8 Å². The van der Waals surface area contributed by atoms with Gasteiger partial charge < -0.3 is 10.6 Å². The first-order chi connectivity index (χ1) is 9.57. The highest BCUT2D eigenvalue weighted by Crippen LogP contribution is 2.33. The van der Waals surface area contributed by atoms with Crippen molar-refractivity contribution in [1.29, 1.82) is 0 Å². The fourth-order valence-corrected chi connectivity index (χ4v) is 2.73. The van der Waals surface area contributed by atoms with Crippen molar-refractivity contribution in [3.63, 3.8) is 0 Å². The Morgan fingerprint density at radius 3 is 2.60 bits per heavy atom. The van der Waals surface area contributed by atoms with Gasteiger partial charge in [-0.3, -0.25) is 9.59 Å². The quantitative estimate of drug-likeness (QED) is 0.830. The van der Waals surface area contributed by atoms with Crippen LogP contribution in [0.5, 0.6) is 0 Å². The summed E-state index contributed by atoms with van der Waals surface area (Å²) in [6.07, 6.45) is 2.57. The van der Waals surface area contributed by atoms with Crippen LogP contribution < -0.4 is 10.6 Å². The van der Waals surface area contributed by atoms with Crippen molar-refractivity contribution in [2.24, 2.45) is 5.41 Å². The highest BCUT2D eigenvalue weighted by Gasteiger charge is 2.37. The Morgan fingerprint density at radius 2 is 2.00 bits per heavy atom. The van der Waals surface area contributed by atoms with Crippen LogP contribution in [0.1, 0.15) is 43.5 Å². The van der Waals surface area contributed by atoms with Gasteiger partial charge in [0, 0.05) is 11.3 Å². The summed E-state index contributed by atoms with van der Waals surface area (Å²) in [5.41, 5.74) is 1.05. The Hall–Kier alpha value is -1.68. The molecule has 4 nitrogen and oxygen atoms in total. The predicted octanol–water partition coefficient (Wildman–Crippen LogP) is 2.61. The van der Waals surface area contributed by atoms with E-state index in [1.54, 1.807) is 18.2 Å². The van der Waals surface area contributed by atoms with E-state index in [0.29, 0.717) is 11.3 Å². The van der Waals surface area contributed by atoms with Crippen molar-refractivity contribution in [3.8, 4) is 0 Å². The minimum atomic E-state index is -0.280. The number of anilines is 1. The number of hydrogen-bond donors (Lipinski definition) is 2. The summed E-state index contributed by atoms with van der Waals surface area (Å²) >= 11 is 0. The molecule has 0 atom stereocenters. The highest BCUT2D eigenvalue weighted by molar-refractivity contribution is 5.98. The van der Waals surface area contributed by atoms with Crippen molar-refractivity contribution >= 4 is 17.4 Å². The van der Waals surface area contributed by atoms with Crippen LogP contribution in [0.4, 0.5) is 5.69 Å². The Kier molecular flexibility index (Phi) is 4.55. The molecule has 2 rings (SSSR count). The Balaban J connectivity index is 2.14. The first kappa shape index (κ1) is 14.7. The lowest BCUT2D eigenvalue weighted by Gasteiger charge is -2.35. The third kappa shape index (κ3) is 3.07. The second kappa shape index (κ2) is 6.18. The van der Waals surface area contributed by atoms with Crippen LogP contribution in [0, 0.1) is 5.41 Å². The van der Waals surface area contributed by atoms with Gasteiger partial charge >= 0.3 is 0 Å². The van der Waals surface area contributed by atoms with E-state index in [1.807, 2.05) is 6.07 Å². The summed E-state index contributed by atoms with van der Waals surface area (Å²) in [6, 6.07) is 7.13. The van der Waals surface area contributed by atoms with Crippen LogP contribution in [0.2, 0.25) is 0 Å². The maximum absolute atomic E-state index is 12.6. The summed E-state index contributed by atoms with van der Waals surface area (Å²) in [5.74, 6) is 0.0790. The number of carbonyl (C=O) groups excluding carboxylic acids is 2. The first-order valence-corrected chi connectivity index (χ1v) is 7.20. The molecular formula is C16H22N2O2. The average molecular weight is 274 g/mol. The molecule has 1 heterocycles. The number of Topliss-reactive ketones (excluding diaryl/α,β-unsaturated/α-hetero) is 1. The highest BCUT2D eigenvalue weighted by atomic mass is 16.2. The van der Waals surface area contributed by atoms with Gasteiger partial charge in [0.1, 0.15) is 0 Å². The number of nitrogens with one attached hydrogen (secondary N) is 2. The summed E-state index contributed by atoms with van der Waals surface area (Å²) in [6.45, 7) is 5.36. The fourth-order valence-electron chi connectivity index (χ4n) is 2.73. The van der Waals surface area contributed by atoms with Crippen molar-refractivity contribution in [1.82, 2.24) is 5.32 Å². The molecule has 108 valence electrons. The van der Waals surface area contributed by atoms with E-state index in [0.717, 1.165) is 32.4 Å². The fraction of sp³-hybridized carbons (Fsp3) is 0.500. The van der Waals surface area contributed by atoms with E-state index in [4.69, 9.17) is 0 Å². The monoisotopic (exact) mass is 274 g/mol. The van der Waals surface area contributed by atoms with Gasteiger partial charge in [0.2, 0.25) is 5.91 Å². The molecule has 0 radical (unpaired) electrons. The Labute approximate surface area is 119 Å². The molecular weight excluding hydrogens is 252 g/mol. The molecule has 0 aliphatic carbocycles. The average Bonchev–Trinajstić information content (AvgIpc) is 2.48. The molecule has 0 spiro atoms. The normalized spacial score (nSPS) is 17.5. The molecule has 1 aromatic rings. The molecule has 1 fully saturated rings. The molecule has 1 aliphatic heterocycles. The summed E-state index contributed by atoms with van der Waals surface area (Å²) in [5, 5.41) is 6.27. The molecule has 4 heteroatoms. The van der Waals surface area contributed by atoms with E-state index in [2.05, 4.69) is 17.6 Å². The van der Waals surface area contributed by atoms with Crippen LogP contribution in [0.15, 0.2) is 24.3 Å². The molecule has 2 N–H and O–H groups in total. The molecule has 0 unspecified atom stereocenters. The zero-order valence-electron chi connectivity index (χ0n) is 12.2. The van der Waals surface area contributed by atoms with Gasteiger partial charge in [-0.1, -0.05) is 19.1 Å². The maximum Gasteiger partial charge on any atom is 0.230 e. The van der Waals surface area contributed by atoms with Crippen LogP contribution in [0.3, 0.4) is 0 Å². The summed E-state index contributed by atoms with van der Waals surface area (Å²) in [4.78, 5) is 24.0. The van der Waals surface area contributed by atoms with Crippen molar-refractivity contribution < 1.29 is 9.59 Å². The van der Waals surface area contributed by atoms with Gasteiger partial charge in [0.05, 0.1) is 5.41 Å². The number of benzene rings is 1. The third-order valence-corrected chi connectivity index (χ3v) is 4.25. The molecule has 0 bridgehead atoms. The smallest absolute Gasteiger partial charge is 0.230 e. The van der Waals surface area contributed by atoms with Crippen molar-refractivity contribution in [3.05, 3.63) is 29.8 Å². The van der Waals surface area contributed by atoms with E-state index >= 15 is 0 Å². The lowest BCUT2D eigenvalue weighted by Crippen LogP contribution is -2.44. The molecule has 1 saturated heterocycles. The zero-order valence-corrected chi connectivity index (χ0v) is 12.2. The van der Waals surface area contributed by atoms with Crippen molar-refractivity contribution in [2.45, 2.75) is 33.1 Å². The van der Waals surface area contributed by atoms with Crippen LogP contribution in [0.25, 0.3) is 0 Å². The Morgan fingerprint density at radius 1 is 1.30 bits per heavy atom. The maximum atomic E-state index is 12.6. The minimum Gasteiger partial charge on any atom is -0.326 e. The molecule has 20 heavy (non-hydrogen) atoms. The number of hydrogen-bond acceptors (Lipinski definition) is 3. The van der Waals surface area contributed by atoms with E-state index in [9.17, 15) is 9.59 Å². The first-order valence-electron chi connectivity index (χ1n) is 7.20. The molecule has 1 aliphatic rings. The number of ketones is 1. The van der Waals surface area contributed by atoms with Gasteiger partial charge in [-0.05, 0) is 51.4 Å². The summed E-state index contributed by atoms with van der Waals surface area (Å²) < 4.78 is 0. The molecule has 1 amide bonds. The van der Waals surface area contributed by atoms with E-state index in [1.165, 1.54) is 6.92 Å². The second-order valence-electron chi connectivity index (χ2n) is 5.47. The van der Waals surface area contributed by atoms with Gasteiger partial charge in [0.25, 0.3) is 0 Å². The third-order valence-electron chi connectivity index (χ3n) is 4.25. The van der Waals surface area contributed by atoms with Crippen LogP contribution >= 0.6 is 0 Å². The van der Waals surface area contributed by atoms with Crippen molar-refractivity contribution in [2.75, 3.05) is 18.4 Å². The Bertz CT molecular complexity index is 505. The molecule has 0 saturated carbocycles. The predicted molar refractivity (Wildman–Crippen MR) is 79.9 cm³/mol. The topological polar surface area (TPSA) is 58.2 Å². The van der Waals surface area contributed by atoms with Gasteiger partial charge in [-0.2, -0.15) is 0 Å².